The van der Waals surface area contributed by atoms with E-state index in [1.54, 1.807) is 0 Å². The van der Waals surface area contributed by atoms with Crippen LogP contribution in [0.25, 0.3) is 17.0 Å². The van der Waals surface area contributed by atoms with Crippen LogP contribution < -0.4 is 10.2 Å². The second-order valence-corrected chi connectivity index (χ2v) is 8.95. The number of likely N-dealkylation sites (tertiary alicyclic amines) is 1. The van der Waals surface area contributed by atoms with Gasteiger partial charge in [0.1, 0.15) is 5.82 Å². The Morgan fingerprint density at radius 3 is 2.50 bits per heavy atom. The minimum absolute atomic E-state index is 0.0894. The third-order valence-corrected chi connectivity index (χ3v) is 6.67. The molecule has 0 saturated carbocycles. The van der Waals surface area contributed by atoms with E-state index in [2.05, 4.69) is 44.4 Å². The third kappa shape index (κ3) is 4.46. The predicted octanol–water partition coefficient (Wildman–Crippen LogP) is 2.53. The minimum atomic E-state index is 0.0894. The van der Waals surface area contributed by atoms with Gasteiger partial charge in [0.15, 0.2) is 11.5 Å². The molecule has 1 amide bonds. The van der Waals surface area contributed by atoms with E-state index in [9.17, 15) is 4.79 Å². The number of carbonyl (C=O) groups is 1. The first-order chi connectivity index (χ1) is 15.7. The average Bonchev–Trinajstić information content (AvgIpc) is 3.49. The Hall–Kier alpha value is -3.00. The number of hydrogen-bond acceptors (Lipinski definition) is 6. The van der Waals surface area contributed by atoms with Crippen LogP contribution in [0.15, 0.2) is 36.4 Å². The fourth-order valence-electron chi connectivity index (χ4n) is 4.69. The summed E-state index contributed by atoms with van der Waals surface area (Å²) in [6, 6.07) is 12.2. The third-order valence-electron chi connectivity index (χ3n) is 6.67. The molecule has 2 aromatic heterocycles. The van der Waals surface area contributed by atoms with Gasteiger partial charge in [0.2, 0.25) is 5.91 Å². The highest BCUT2D eigenvalue weighted by Crippen LogP contribution is 2.24. The van der Waals surface area contributed by atoms with Gasteiger partial charge in [-0.1, -0.05) is 29.8 Å². The van der Waals surface area contributed by atoms with Crippen molar-refractivity contribution in [3.05, 3.63) is 42.0 Å². The van der Waals surface area contributed by atoms with Crippen LogP contribution in [0.4, 0.5) is 5.82 Å². The van der Waals surface area contributed by atoms with Gasteiger partial charge < -0.3 is 15.1 Å². The quantitative estimate of drug-likeness (QED) is 0.644. The van der Waals surface area contributed by atoms with E-state index in [0.29, 0.717) is 0 Å². The van der Waals surface area contributed by atoms with Crippen molar-refractivity contribution in [1.29, 1.82) is 0 Å². The van der Waals surface area contributed by atoms with Crippen molar-refractivity contribution in [3.63, 3.8) is 0 Å². The maximum Gasteiger partial charge on any atom is 0.223 e. The lowest BCUT2D eigenvalue weighted by Gasteiger charge is -2.32. The molecule has 3 aromatic rings. The number of fused-ring (bicyclic) bond motifs is 1. The van der Waals surface area contributed by atoms with E-state index in [-0.39, 0.29) is 11.8 Å². The number of anilines is 1. The van der Waals surface area contributed by atoms with Crippen LogP contribution >= 0.6 is 0 Å². The second kappa shape index (κ2) is 9.24. The molecule has 0 spiro atoms. The largest absolute Gasteiger partial charge is 0.355 e. The summed E-state index contributed by atoms with van der Waals surface area (Å²) in [6.07, 6.45) is 4.27. The van der Waals surface area contributed by atoms with Gasteiger partial charge in [0.25, 0.3) is 0 Å². The zero-order chi connectivity index (χ0) is 21.9. The number of carbonyl (C=O) groups excluding carboxylic acids is 1. The fraction of sp³-hybridized carbons (Fsp3) is 0.500. The second-order valence-electron chi connectivity index (χ2n) is 8.95. The molecular formula is C24H31N7O. The van der Waals surface area contributed by atoms with Crippen LogP contribution in [0.1, 0.15) is 31.2 Å². The summed E-state index contributed by atoms with van der Waals surface area (Å²) < 4.78 is 1.82. The number of aryl methyl sites for hydroxylation is 1. The molecule has 1 N–H and O–H groups in total. The molecule has 0 unspecified atom stereocenters. The topological polar surface area (TPSA) is 78.7 Å². The molecule has 2 fully saturated rings. The molecule has 2 saturated heterocycles. The standard InChI is InChI=1S/C24H31N7O/c1-18-4-6-19(7-5-18)23-27-26-21-8-9-22(28-31(21)23)30-15-10-20(11-16-30)24(32)25-12-17-29-13-2-3-14-29/h4-9,20H,2-3,10-17H2,1H3,(H,25,32). The smallest absolute Gasteiger partial charge is 0.223 e. The molecule has 8 nitrogen and oxygen atoms in total. The van der Waals surface area contributed by atoms with E-state index in [0.717, 1.165) is 61.9 Å². The Balaban J connectivity index is 1.20. The van der Waals surface area contributed by atoms with Crippen molar-refractivity contribution in [1.82, 2.24) is 30.0 Å². The summed E-state index contributed by atoms with van der Waals surface area (Å²) in [5, 5.41) is 16.6. The van der Waals surface area contributed by atoms with Crippen molar-refractivity contribution in [2.24, 2.45) is 5.92 Å². The lowest BCUT2D eigenvalue weighted by molar-refractivity contribution is -0.125. The number of hydrogen-bond donors (Lipinski definition) is 1. The first kappa shape index (κ1) is 20.9. The van der Waals surface area contributed by atoms with Crippen molar-refractivity contribution >= 4 is 17.4 Å². The Morgan fingerprint density at radius 2 is 1.75 bits per heavy atom. The van der Waals surface area contributed by atoms with Crippen LogP contribution in [0.5, 0.6) is 0 Å². The zero-order valence-electron chi connectivity index (χ0n) is 18.7. The van der Waals surface area contributed by atoms with Crippen molar-refractivity contribution in [2.75, 3.05) is 44.2 Å². The normalized spacial score (nSPS) is 17.8. The van der Waals surface area contributed by atoms with Crippen molar-refractivity contribution < 1.29 is 4.79 Å². The summed E-state index contributed by atoms with van der Waals surface area (Å²) in [7, 11) is 0. The number of benzene rings is 1. The number of piperidine rings is 1. The molecule has 168 valence electrons. The van der Waals surface area contributed by atoms with E-state index in [1.807, 2.05) is 28.8 Å². The molecule has 2 aliphatic heterocycles. The monoisotopic (exact) mass is 433 g/mol. The number of aromatic nitrogens is 4. The highest BCUT2D eigenvalue weighted by atomic mass is 16.1. The molecule has 1 aromatic carbocycles. The Bertz CT molecular complexity index is 1060. The van der Waals surface area contributed by atoms with Gasteiger partial charge in [-0.15, -0.1) is 15.3 Å². The molecule has 0 atom stereocenters. The predicted molar refractivity (Wildman–Crippen MR) is 125 cm³/mol. The number of amides is 1. The molecule has 0 aliphatic carbocycles. The number of nitrogens with one attached hydrogen (secondary N) is 1. The van der Waals surface area contributed by atoms with E-state index in [1.165, 1.54) is 31.5 Å². The van der Waals surface area contributed by atoms with Gasteiger partial charge in [0, 0.05) is 37.7 Å². The molecule has 4 heterocycles. The lowest BCUT2D eigenvalue weighted by Crippen LogP contribution is -2.42. The molecule has 8 heteroatoms. The van der Waals surface area contributed by atoms with Crippen LogP contribution in [-0.2, 0) is 4.79 Å². The lowest BCUT2D eigenvalue weighted by atomic mass is 9.96. The van der Waals surface area contributed by atoms with E-state index in [4.69, 9.17) is 5.10 Å². The summed E-state index contributed by atoms with van der Waals surface area (Å²) in [5.74, 6) is 1.94. The first-order valence-electron chi connectivity index (χ1n) is 11.7. The molecule has 0 radical (unpaired) electrons. The van der Waals surface area contributed by atoms with Crippen LogP contribution in [0.3, 0.4) is 0 Å². The zero-order valence-corrected chi connectivity index (χ0v) is 18.7. The molecule has 5 rings (SSSR count). The summed E-state index contributed by atoms with van der Waals surface area (Å²) in [5.41, 5.74) is 2.94. The Morgan fingerprint density at radius 1 is 1.00 bits per heavy atom. The van der Waals surface area contributed by atoms with Crippen LogP contribution in [-0.4, -0.2) is 69.9 Å². The molecular weight excluding hydrogens is 402 g/mol. The van der Waals surface area contributed by atoms with Gasteiger partial charge in [-0.3, -0.25) is 4.79 Å². The highest BCUT2D eigenvalue weighted by molar-refractivity contribution is 5.79. The molecule has 0 bridgehead atoms. The molecule has 32 heavy (non-hydrogen) atoms. The maximum atomic E-state index is 12.6. The summed E-state index contributed by atoms with van der Waals surface area (Å²) in [4.78, 5) is 17.3. The summed E-state index contributed by atoms with van der Waals surface area (Å²) >= 11 is 0. The average molecular weight is 434 g/mol. The maximum absolute atomic E-state index is 12.6. The molecule has 2 aliphatic rings. The minimum Gasteiger partial charge on any atom is -0.355 e. The van der Waals surface area contributed by atoms with E-state index >= 15 is 0 Å². The van der Waals surface area contributed by atoms with Gasteiger partial charge in [-0.2, -0.15) is 4.52 Å². The fourth-order valence-corrected chi connectivity index (χ4v) is 4.69. The van der Waals surface area contributed by atoms with Gasteiger partial charge >= 0.3 is 0 Å². The summed E-state index contributed by atoms with van der Waals surface area (Å²) in [6.45, 7) is 7.78. The Labute approximate surface area is 188 Å². The highest BCUT2D eigenvalue weighted by Gasteiger charge is 2.26. The van der Waals surface area contributed by atoms with Crippen LogP contribution in [0, 0.1) is 12.8 Å². The van der Waals surface area contributed by atoms with E-state index < -0.39 is 0 Å². The van der Waals surface area contributed by atoms with Crippen LogP contribution in [0.2, 0.25) is 0 Å². The number of rotatable bonds is 6. The van der Waals surface area contributed by atoms with Gasteiger partial charge in [-0.05, 0) is 57.8 Å². The Kier molecular flexibility index (Phi) is 6.03. The van der Waals surface area contributed by atoms with Gasteiger partial charge in [0.05, 0.1) is 0 Å². The first-order valence-corrected chi connectivity index (χ1v) is 11.7. The number of nitrogens with zero attached hydrogens (tertiary/aromatic N) is 6. The van der Waals surface area contributed by atoms with Gasteiger partial charge in [-0.25, -0.2) is 0 Å². The van der Waals surface area contributed by atoms with Crippen molar-refractivity contribution in [3.8, 4) is 11.4 Å². The van der Waals surface area contributed by atoms with Crippen molar-refractivity contribution in [2.45, 2.75) is 32.6 Å². The SMILES string of the molecule is Cc1ccc(-c2nnc3ccc(N4CCC(C(=O)NCCN5CCCC5)CC4)nn23)cc1.